The number of piperazine rings is 1. The van der Waals surface area contributed by atoms with E-state index in [9.17, 15) is 19.5 Å². The Balaban J connectivity index is 2.39. The molecule has 1 aliphatic heterocycles. The van der Waals surface area contributed by atoms with E-state index in [1.54, 1.807) is 4.90 Å². The highest BCUT2D eigenvalue weighted by atomic mass is 28.4. The minimum Gasteiger partial charge on any atom is -0.481 e. The molecule has 2 N–H and O–H groups in total. The van der Waals surface area contributed by atoms with Crippen molar-refractivity contribution in [2.75, 3.05) is 26.2 Å². The van der Waals surface area contributed by atoms with Crippen molar-refractivity contribution in [2.24, 2.45) is 5.92 Å². The molecule has 0 radical (unpaired) electrons. The molecular weight excluding hydrogens is 550 g/mol. The quantitative estimate of drug-likeness (QED) is 0.337. The molecule has 3 atom stereocenters. The van der Waals surface area contributed by atoms with Crippen molar-refractivity contribution in [1.82, 2.24) is 15.1 Å². The van der Waals surface area contributed by atoms with Crippen LogP contribution < -0.4 is 5.32 Å². The van der Waals surface area contributed by atoms with Gasteiger partial charge >= 0.3 is 12.1 Å². The average molecular weight is 606 g/mol. The average Bonchev–Trinajstić information content (AvgIpc) is 2.81. The Morgan fingerprint density at radius 2 is 1.60 bits per heavy atom. The summed E-state index contributed by atoms with van der Waals surface area (Å²) in [5, 5.41) is 13.2. The molecule has 0 bridgehead atoms. The van der Waals surface area contributed by atoms with Crippen LogP contribution >= 0.6 is 0 Å². The van der Waals surface area contributed by atoms with E-state index >= 15 is 0 Å². The van der Waals surface area contributed by atoms with Crippen molar-refractivity contribution < 1.29 is 28.7 Å². The molecule has 0 unspecified atom stereocenters. The molecule has 42 heavy (non-hydrogen) atoms. The van der Waals surface area contributed by atoms with Gasteiger partial charge in [0.25, 0.3) is 0 Å². The summed E-state index contributed by atoms with van der Waals surface area (Å²) in [5.41, 5.74) is -0.147. The lowest BCUT2D eigenvalue weighted by atomic mass is 9.93. The van der Waals surface area contributed by atoms with Crippen molar-refractivity contribution in [3.8, 4) is 0 Å². The van der Waals surface area contributed by atoms with Crippen molar-refractivity contribution in [3.63, 3.8) is 0 Å². The lowest BCUT2D eigenvalue weighted by Gasteiger charge is -2.45. The second-order valence-electron chi connectivity index (χ2n) is 15.1. The highest BCUT2D eigenvalue weighted by Crippen LogP contribution is 2.38. The standard InChI is InChI=1S/C32H55N3O6Si/c1-30(2,3)33-27(36)26-22-35(29(39)40-31(4,5)6)18-17-34(26)21-25(41-42(10,11)32(7,8)9)20-24(28(37)38)19-23-15-13-12-14-16-23/h12-16,24-26H,17-22H2,1-11H3,(H,33,36)(H,37,38)/t24-,25-,26-/m0/s1. The molecule has 10 heteroatoms. The van der Waals surface area contributed by atoms with Crippen molar-refractivity contribution in [2.45, 2.75) is 117 Å². The lowest BCUT2D eigenvalue weighted by molar-refractivity contribution is -0.143. The van der Waals surface area contributed by atoms with Crippen LogP contribution in [0.25, 0.3) is 0 Å². The minimum atomic E-state index is -2.30. The maximum Gasteiger partial charge on any atom is 0.410 e. The first kappa shape index (κ1) is 35.8. The summed E-state index contributed by atoms with van der Waals surface area (Å²) < 4.78 is 12.5. The summed E-state index contributed by atoms with van der Waals surface area (Å²) in [6.45, 7) is 23.4. The zero-order valence-electron chi connectivity index (χ0n) is 27.7. The van der Waals surface area contributed by atoms with E-state index in [1.807, 2.05) is 71.9 Å². The second kappa shape index (κ2) is 13.9. The lowest BCUT2D eigenvalue weighted by Crippen LogP contribution is -2.63. The van der Waals surface area contributed by atoms with Crippen molar-refractivity contribution in [1.29, 1.82) is 0 Å². The molecule has 0 aliphatic carbocycles. The fraction of sp³-hybridized carbons (Fsp3) is 0.719. The maximum atomic E-state index is 13.6. The number of ether oxygens (including phenoxy) is 1. The van der Waals surface area contributed by atoms with Crippen LogP contribution in [-0.4, -0.2) is 90.7 Å². The zero-order chi connectivity index (χ0) is 32.1. The van der Waals surface area contributed by atoms with Crippen LogP contribution in [0.1, 0.15) is 74.3 Å². The molecule has 2 rings (SSSR count). The first-order valence-electron chi connectivity index (χ1n) is 15.1. The predicted molar refractivity (Wildman–Crippen MR) is 169 cm³/mol. The van der Waals surface area contributed by atoms with E-state index in [1.165, 1.54) is 0 Å². The normalized spacial score (nSPS) is 18.7. The molecule has 1 heterocycles. The van der Waals surface area contributed by atoms with E-state index in [-0.39, 0.29) is 17.5 Å². The van der Waals surface area contributed by atoms with Gasteiger partial charge in [0.1, 0.15) is 11.6 Å². The molecule has 0 spiro atoms. The smallest absolute Gasteiger partial charge is 0.410 e. The number of nitrogens with one attached hydrogen (secondary N) is 1. The van der Waals surface area contributed by atoms with Gasteiger partial charge in [-0.2, -0.15) is 0 Å². The van der Waals surface area contributed by atoms with E-state index < -0.39 is 49.6 Å². The SMILES string of the molecule is CC(C)(C)NC(=O)[C@@H]1CN(C(=O)OC(C)(C)C)CCN1C[C@H](C[C@H](Cc1ccccc1)C(=O)O)O[Si](C)(C)C(C)(C)C. The molecular formula is C32H55N3O6Si. The van der Waals surface area contributed by atoms with Crippen LogP contribution in [0.3, 0.4) is 0 Å². The van der Waals surface area contributed by atoms with Gasteiger partial charge in [-0.3, -0.25) is 14.5 Å². The molecule has 0 aromatic heterocycles. The molecule has 1 saturated heterocycles. The Labute approximate surface area is 254 Å². The number of rotatable bonds is 10. The monoisotopic (exact) mass is 605 g/mol. The van der Waals surface area contributed by atoms with Crippen LogP contribution in [0.15, 0.2) is 30.3 Å². The van der Waals surface area contributed by atoms with E-state index in [0.717, 1.165) is 5.56 Å². The Bertz CT molecular complexity index is 1060. The number of carboxylic acid groups (broad SMARTS) is 1. The molecule has 1 aliphatic rings. The topological polar surface area (TPSA) is 108 Å². The molecule has 1 fully saturated rings. The van der Waals surface area contributed by atoms with Gasteiger partial charge in [-0.1, -0.05) is 51.1 Å². The van der Waals surface area contributed by atoms with Crippen LogP contribution in [0.4, 0.5) is 4.79 Å². The Morgan fingerprint density at radius 3 is 2.10 bits per heavy atom. The Kier molecular flexibility index (Phi) is 11.8. The van der Waals surface area contributed by atoms with Gasteiger partial charge in [-0.25, -0.2) is 4.79 Å². The van der Waals surface area contributed by atoms with Gasteiger partial charge < -0.3 is 24.5 Å². The largest absolute Gasteiger partial charge is 0.481 e. The first-order valence-corrected chi connectivity index (χ1v) is 18.0. The van der Waals surface area contributed by atoms with Crippen LogP contribution in [0.2, 0.25) is 18.1 Å². The molecule has 1 aromatic rings. The Hall–Kier alpha value is -2.43. The number of hydrogen-bond donors (Lipinski definition) is 2. The summed E-state index contributed by atoms with van der Waals surface area (Å²) >= 11 is 0. The van der Waals surface area contributed by atoms with Crippen LogP contribution in [-0.2, 0) is 25.2 Å². The van der Waals surface area contributed by atoms with Gasteiger partial charge in [-0.05, 0) is 78.1 Å². The zero-order valence-corrected chi connectivity index (χ0v) is 28.7. The van der Waals surface area contributed by atoms with Crippen LogP contribution in [0.5, 0.6) is 0 Å². The fourth-order valence-electron chi connectivity index (χ4n) is 4.74. The number of carbonyl (C=O) groups excluding carboxylic acids is 2. The molecule has 9 nitrogen and oxygen atoms in total. The maximum absolute atomic E-state index is 13.6. The van der Waals surface area contributed by atoms with Gasteiger partial charge in [0, 0.05) is 31.7 Å². The number of hydrogen-bond acceptors (Lipinski definition) is 6. The fourth-order valence-corrected chi connectivity index (χ4v) is 6.09. The first-order chi connectivity index (χ1) is 19.1. The predicted octanol–water partition coefficient (Wildman–Crippen LogP) is 5.55. The molecule has 0 saturated carbocycles. The summed E-state index contributed by atoms with van der Waals surface area (Å²) in [5.74, 6) is -1.69. The van der Waals surface area contributed by atoms with Gasteiger partial charge in [0.2, 0.25) is 5.91 Å². The van der Waals surface area contributed by atoms with Crippen molar-refractivity contribution >= 4 is 26.3 Å². The highest BCUT2D eigenvalue weighted by molar-refractivity contribution is 6.74. The highest BCUT2D eigenvalue weighted by Gasteiger charge is 2.43. The summed E-state index contributed by atoms with van der Waals surface area (Å²) in [7, 11) is -2.30. The summed E-state index contributed by atoms with van der Waals surface area (Å²) in [6.07, 6.45) is -0.142. The third-order valence-electron chi connectivity index (χ3n) is 7.87. The minimum absolute atomic E-state index is 0.0815. The van der Waals surface area contributed by atoms with Crippen LogP contribution in [0, 0.1) is 5.92 Å². The van der Waals surface area contributed by atoms with Gasteiger partial charge in [0.15, 0.2) is 8.32 Å². The Morgan fingerprint density at radius 1 is 1.00 bits per heavy atom. The third kappa shape index (κ3) is 11.3. The number of nitrogens with zero attached hydrogens (tertiary/aromatic N) is 2. The number of carbonyl (C=O) groups is 3. The number of carboxylic acids is 1. The van der Waals surface area contributed by atoms with Gasteiger partial charge in [-0.15, -0.1) is 0 Å². The number of amides is 2. The second-order valence-corrected chi connectivity index (χ2v) is 19.9. The summed E-state index contributed by atoms with van der Waals surface area (Å²) in [6, 6.07) is 9.02. The van der Waals surface area contributed by atoms with E-state index in [4.69, 9.17) is 9.16 Å². The van der Waals surface area contributed by atoms with Crippen molar-refractivity contribution in [3.05, 3.63) is 35.9 Å². The summed E-state index contributed by atoms with van der Waals surface area (Å²) in [4.78, 5) is 42.7. The third-order valence-corrected chi connectivity index (χ3v) is 12.4. The number of aliphatic carboxylic acids is 1. The molecule has 1 aromatic carbocycles. The van der Waals surface area contributed by atoms with E-state index in [0.29, 0.717) is 32.5 Å². The molecule has 238 valence electrons. The number of benzene rings is 1. The van der Waals surface area contributed by atoms with E-state index in [2.05, 4.69) is 44.1 Å². The molecule has 2 amide bonds. The van der Waals surface area contributed by atoms with Gasteiger partial charge in [0.05, 0.1) is 12.0 Å².